The first-order valence-corrected chi connectivity index (χ1v) is 5.85. The Hall–Kier alpha value is 0.110. The van der Waals surface area contributed by atoms with Gasteiger partial charge in [0.15, 0.2) is 0 Å². The van der Waals surface area contributed by atoms with Crippen molar-refractivity contribution in [2.75, 3.05) is 24.6 Å². The van der Waals surface area contributed by atoms with Crippen LogP contribution in [0, 0.1) is 5.41 Å². The third kappa shape index (κ3) is 1.49. The highest BCUT2D eigenvalue weighted by Crippen LogP contribution is 2.36. The molecule has 64 valence electrons. The standard InChI is InChI=1S/C8H15NOS/c10-11-5-3-8(7-11)2-1-4-9-6-8/h9H,1-7H2. The summed E-state index contributed by atoms with van der Waals surface area (Å²) < 4.78 is 11.2. The Morgan fingerprint density at radius 1 is 1.36 bits per heavy atom. The van der Waals surface area contributed by atoms with Crippen LogP contribution in [0.25, 0.3) is 0 Å². The van der Waals surface area contributed by atoms with Gasteiger partial charge in [-0.05, 0) is 31.2 Å². The smallest absolute Gasteiger partial charge is 0.0303 e. The van der Waals surface area contributed by atoms with Gasteiger partial charge in [0.1, 0.15) is 0 Å². The first-order chi connectivity index (χ1) is 5.31. The number of nitrogens with one attached hydrogen (secondary N) is 1. The number of rotatable bonds is 0. The number of piperidine rings is 1. The molecule has 2 rings (SSSR count). The molecule has 11 heavy (non-hydrogen) atoms. The predicted octanol–water partition coefficient (Wildman–Crippen LogP) is 0.509. The van der Waals surface area contributed by atoms with Crippen molar-refractivity contribution in [1.82, 2.24) is 5.32 Å². The zero-order valence-corrected chi connectivity index (χ0v) is 7.58. The molecule has 0 aromatic rings. The second kappa shape index (κ2) is 2.87. The molecular formula is C8H15NOS. The van der Waals surface area contributed by atoms with E-state index in [1.54, 1.807) is 0 Å². The molecule has 0 aromatic heterocycles. The third-order valence-corrected chi connectivity index (χ3v) is 4.48. The molecule has 2 aliphatic rings. The molecule has 2 unspecified atom stereocenters. The molecule has 2 fully saturated rings. The lowest BCUT2D eigenvalue weighted by Crippen LogP contribution is -2.40. The van der Waals surface area contributed by atoms with Gasteiger partial charge in [-0.15, -0.1) is 0 Å². The van der Waals surface area contributed by atoms with Crippen LogP contribution < -0.4 is 5.32 Å². The molecule has 2 nitrogen and oxygen atoms in total. The van der Waals surface area contributed by atoms with Gasteiger partial charge in [-0.3, -0.25) is 4.21 Å². The van der Waals surface area contributed by atoms with Crippen LogP contribution in [-0.2, 0) is 10.8 Å². The molecule has 0 saturated carbocycles. The molecule has 2 heterocycles. The zero-order valence-electron chi connectivity index (χ0n) is 6.77. The average Bonchev–Trinajstić information content (AvgIpc) is 2.34. The van der Waals surface area contributed by atoms with Gasteiger partial charge >= 0.3 is 0 Å². The van der Waals surface area contributed by atoms with Crippen molar-refractivity contribution in [3.8, 4) is 0 Å². The van der Waals surface area contributed by atoms with Crippen LogP contribution in [0.4, 0.5) is 0 Å². The van der Waals surface area contributed by atoms with Gasteiger partial charge in [-0.25, -0.2) is 0 Å². The Kier molecular flexibility index (Phi) is 2.02. The van der Waals surface area contributed by atoms with Gasteiger partial charge in [0, 0.05) is 28.9 Å². The van der Waals surface area contributed by atoms with Crippen LogP contribution in [0.5, 0.6) is 0 Å². The van der Waals surface area contributed by atoms with E-state index in [0.717, 1.165) is 24.6 Å². The minimum absolute atomic E-state index is 0.434. The second-order valence-electron chi connectivity index (χ2n) is 3.82. The van der Waals surface area contributed by atoms with Crippen LogP contribution >= 0.6 is 0 Å². The van der Waals surface area contributed by atoms with Crippen LogP contribution in [0.3, 0.4) is 0 Å². The molecule has 2 saturated heterocycles. The molecule has 0 aliphatic carbocycles. The molecule has 1 N–H and O–H groups in total. The summed E-state index contributed by atoms with van der Waals surface area (Å²) in [6.45, 7) is 2.27. The van der Waals surface area contributed by atoms with E-state index < -0.39 is 10.8 Å². The van der Waals surface area contributed by atoms with Gasteiger partial charge < -0.3 is 5.32 Å². The fourth-order valence-electron chi connectivity index (χ4n) is 2.18. The summed E-state index contributed by atoms with van der Waals surface area (Å²) in [5, 5.41) is 3.40. The van der Waals surface area contributed by atoms with Crippen molar-refractivity contribution in [2.45, 2.75) is 19.3 Å². The van der Waals surface area contributed by atoms with Crippen molar-refractivity contribution >= 4 is 10.8 Å². The molecule has 1 spiro atoms. The van der Waals surface area contributed by atoms with E-state index in [9.17, 15) is 4.21 Å². The molecule has 0 aromatic carbocycles. The van der Waals surface area contributed by atoms with Gasteiger partial charge in [0.25, 0.3) is 0 Å². The lowest BCUT2D eigenvalue weighted by molar-refractivity contribution is 0.245. The van der Waals surface area contributed by atoms with E-state index in [0.29, 0.717) is 5.41 Å². The Morgan fingerprint density at radius 2 is 2.27 bits per heavy atom. The number of hydrogen-bond donors (Lipinski definition) is 1. The lowest BCUT2D eigenvalue weighted by atomic mass is 9.80. The van der Waals surface area contributed by atoms with Crippen molar-refractivity contribution < 1.29 is 4.21 Å². The first kappa shape index (κ1) is 7.74. The second-order valence-corrected chi connectivity index (χ2v) is 5.40. The average molecular weight is 173 g/mol. The summed E-state index contributed by atoms with van der Waals surface area (Å²) in [5.74, 6) is 1.90. The zero-order chi connectivity index (χ0) is 7.73. The molecule has 0 radical (unpaired) electrons. The highest BCUT2D eigenvalue weighted by molar-refractivity contribution is 7.85. The van der Waals surface area contributed by atoms with E-state index in [-0.39, 0.29) is 0 Å². The topological polar surface area (TPSA) is 29.1 Å². The molecule has 3 heteroatoms. The monoisotopic (exact) mass is 173 g/mol. The van der Waals surface area contributed by atoms with Crippen molar-refractivity contribution in [2.24, 2.45) is 5.41 Å². The largest absolute Gasteiger partial charge is 0.316 e. The van der Waals surface area contributed by atoms with Crippen LogP contribution in [0.1, 0.15) is 19.3 Å². The summed E-state index contributed by atoms with van der Waals surface area (Å²) >= 11 is 0. The summed E-state index contributed by atoms with van der Waals surface area (Å²) in [6.07, 6.45) is 3.76. The van der Waals surface area contributed by atoms with E-state index in [2.05, 4.69) is 5.32 Å². The van der Waals surface area contributed by atoms with Gasteiger partial charge in [0.2, 0.25) is 0 Å². The maximum Gasteiger partial charge on any atom is 0.0303 e. The summed E-state index contributed by atoms with van der Waals surface area (Å²) in [6, 6.07) is 0. The van der Waals surface area contributed by atoms with Crippen LogP contribution in [-0.4, -0.2) is 28.8 Å². The van der Waals surface area contributed by atoms with E-state index in [4.69, 9.17) is 0 Å². The highest BCUT2D eigenvalue weighted by atomic mass is 32.2. The van der Waals surface area contributed by atoms with Gasteiger partial charge in [0.05, 0.1) is 0 Å². The van der Waals surface area contributed by atoms with E-state index >= 15 is 0 Å². The molecule has 2 atom stereocenters. The molecule has 0 amide bonds. The van der Waals surface area contributed by atoms with Gasteiger partial charge in [-0.1, -0.05) is 0 Å². The van der Waals surface area contributed by atoms with Crippen molar-refractivity contribution in [3.05, 3.63) is 0 Å². The maximum absolute atomic E-state index is 11.2. The number of hydrogen-bond acceptors (Lipinski definition) is 2. The lowest BCUT2D eigenvalue weighted by Gasteiger charge is -2.32. The third-order valence-electron chi connectivity index (χ3n) is 2.89. The van der Waals surface area contributed by atoms with Crippen LogP contribution in [0.2, 0.25) is 0 Å². The molecule has 2 aliphatic heterocycles. The minimum atomic E-state index is -0.500. The fraction of sp³-hybridized carbons (Fsp3) is 1.00. The molecule has 0 bridgehead atoms. The summed E-state index contributed by atoms with van der Waals surface area (Å²) in [5.41, 5.74) is 0.434. The van der Waals surface area contributed by atoms with Gasteiger partial charge in [-0.2, -0.15) is 0 Å². The Labute approximate surface area is 70.2 Å². The van der Waals surface area contributed by atoms with Crippen molar-refractivity contribution in [1.29, 1.82) is 0 Å². The highest BCUT2D eigenvalue weighted by Gasteiger charge is 2.38. The maximum atomic E-state index is 11.2. The Morgan fingerprint density at radius 3 is 2.82 bits per heavy atom. The SMILES string of the molecule is O=S1CCC2(CCCNC2)C1. The normalized spacial score (nSPS) is 44.9. The quantitative estimate of drug-likeness (QED) is 0.578. The fourth-order valence-corrected chi connectivity index (χ4v) is 4.06. The minimum Gasteiger partial charge on any atom is -0.316 e. The van der Waals surface area contributed by atoms with E-state index in [1.165, 1.54) is 19.3 Å². The van der Waals surface area contributed by atoms with Crippen molar-refractivity contribution in [3.63, 3.8) is 0 Å². The van der Waals surface area contributed by atoms with Crippen LogP contribution in [0.15, 0.2) is 0 Å². The summed E-state index contributed by atoms with van der Waals surface area (Å²) in [4.78, 5) is 0. The first-order valence-electron chi connectivity index (χ1n) is 4.37. The Balaban J connectivity index is 2.03. The Bertz CT molecular complexity index is 175. The molecular weight excluding hydrogens is 158 g/mol. The van der Waals surface area contributed by atoms with E-state index in [1.807, 2.05) is 0 Å². The predicted molar refractivity (Wildman–Crippen MR) is 47.0 cm³/mol. The summed E-state index contributed by atoms with van der Waals surface area (Å²) in [7, 11) is -0.500.